The summed E-state index contributed by atoms with van der Waals surface area (Å²) in [7, 11) is 0. The van der Waals surface area contributed by atoms with Gasteiger partial charge < -0.3 is 5.32 Å². The Morgan fingerprint density at radius 2 is 1.72 bits per heavy atom. The van der Waals surface area contributed by atoms with E-state index in [0.717, 1.165) is 19.0 Å². The zero-order chi connectivity index (χ0) is 13.8. The predicted octanol–water partition coefficient (Wildman–Crippen LogP) is 2.89. The quantitative estimate of drug-likeness (QED) is 0.823. The molecule has 1 atom stereocenters. The van der Waals surface area contributed by atoms with E-state index in [-0.39, 0.29) is 6.04 Å². The summed E-state index contributed by atoms with van der Waals surface area (Å²) in [5.41, 5.74) is 0. The zero-order valence-corrected chi connectivity index (χ0v) is 11.6. The molecule has 0 bridgehead atoms. The molecule has 0 aliphatic carbocycles. The fourth-order valence-corrected chi connectivity index (χ4v) is 2.58. The van der Waals surface area contributed by atoms with Crippen LogP contribution < -0.4 is 5.32 Å². The van der Waals surface area contributed by atoms with Gasteiger partial charge in [0, 0.05) is 12.6 Å². The highest BCUT2D eigenvalue weighted by Crippen LogP contribution is 2.25. The van der Waals surface area contributed by atoms with E-state index in [2.05, 4.69) is 24.1 Å². The van der Waals surface area contributed by atoms with Gasteiger partial charge in [0.05, 0.1) is 6.54 Å². The molecule has 0 spiro atoms. The molecule has 0 aromatic rings. The number of hydrogen-bond donors (Lipinski definition) is 1. The molecule has 5 heteroatoms. The van der Waals surface area contributed by atoms with E-state index in [1.165, 1.54) is 12.8 Å². The van der Waals surface area contributed by atoms with E-state index in [0.29, 0.717) is 12.5 Å². The Bertz CT molecular complexity index is 233. The monoisotopic (exact) mass is 266 g/mol. The minimum absolute atomic E-state index is 0.181. The Balaban J connectivity index is 2.22. The van der Waals surface area contributed by atoms with Crippen molar-refractivity contribution < 1.29 is 13.2 Å². The molecule has 0 aromatic heterocycles. The van der Waals surface area contributed by atoms with Crippen molar-refractivity contribution in [1.82, 2.24) is 10.2 Å². The molecule has 0 saturated carbocycles. The van der Waals surface area contributed by atoms with Gasteiger partial charge in [0.25, 0.3) is 0 Å². The third-order valence-corrected chi connectivity index (χ3v) is 3.91. The number of likely N-dealkylation sites (tertiary alicyclic amines) is 1. The lowest BCUT2D eigenvalue weighted by molar-refractivity contribution is -0.125. The topological polar surface area (TPSA) is 15.3 Å². The van der Waals surface area contributed by atoms with Crippen LogP contribution in [0.1, 0.15) is 33.6 Å². The molecule has 1 aliphatic rings. The highest BCUT2D eigenvalue weighted by Gasteiger charge is 2.28. The first-order valence-corrected chi connectivity index (χ1v) is 6.81. The van der Waals surface area contributed by atoms with E-state index < -0.39 is 12.7 Å². The Hall–Kier alpha value is -0.290. The molecule has 1 heterocycles. The average molecular weight is 266 g/mol. The first kappa shape index (κ1) is 15.8. The SMILES string of the molecule is CC(C)C1CCN(C(C)CNCC(F)(F)F)CC1. The minimum Gasteiger partial charge on any atom is -0.307 e. The number of nitrogens with one attached hydrogen (secondary N) is 1. The number of rotatable bonds is 5. The minimum atomic E-state index is -4.11. The lowest BCUT2D eigenvalue weighted by Gasteiger charge is -2.37. The third-order valence-electron chi connectivity index (χ3n) is 3.91. The van der Waals surface area contributed by atoms with Crippen LogP contribution in [-0.2, 0) is 0 Å². The molecular weight excluding hydrogens is 241 g/mol. The van der Waals surface area contributed by atoms with Crippen molar-refractivity contribution >= 4 is 0 Å². The van der Waals surface area contributed by atoms with Crippen molar-refractivity contribution in [1.29, 1.82) is 0 Å². The van der Waals surface area contributed by atoms with Crippen LogP contribution in [0.4, 0.5) is 13.2 Å². The Morgan fingerprint density at radius 1 is 1.17 bits per heavy atom. The lowest BCUT2D eigenvalue weighted by atomic mass is 9.86. The molecule has 1 N–H and O–H groups in total. The summed E-state index contributed by atoms with van der Waals surface area (Å²) in [5, 5.41) is 2.49. The molecule has 1 aliphatic heterocycles. The van der Waals surface area contributed by atoms with Crippen LogP contribution in [0.3, 0.4) is 0 Å². The number of piperidine rings is 1. The summed E-state index contributed by atoms with van der Waals surface area (Å²) < 4.78 is 36.0. The predicted molar refractivity (Wildman–Crippen MR) is 67.5 cm³/mol. The molecule has 1 rings (SSSR count). The summed E-state index contributed by atoms with van der Waals surface area (Å²) in [6.45, 7) is 8.03. The van der Waals surface area contributed by atoms with Crippen molar-refractivity contribution in [2.24, 2.45) is 11.8 Å². The first-order valence-electron chi connectivity index (χ1n) is 6.81. The van der Waals surface area contributed by atoms with Crippen LogP contribution in [0.25, 0.3) is 0 Å². The van der Waals surface area contributed by atoms with Crippen LogP contribution >= 0.6 is 0 Å². The van der Waals surface area contributed by atoms with Crippen molar-refractivity contribution in [3.8, 4) is 0 Å². The first-order chi connectivity index (χ1) is 8.29. The van der Waals surface area contributed by atoms with E-state index in [1.54, 1.807) is 0 Å². The lowest BCUT2D eigenvalue weighted by Crippen LogP contribution is -2.46. The van der Waals surface area contributed by atoms with Crippen LogP contribution in [0.5, 0.6) is 0 Å². The van der Waals surface area contributed by atoms with Crippen LogP contribution in [0.15, 0.2) is 0 Å². The van der Waals surface area contributed by atoms with Crippen molar-refractivity contribution in [2.75, 3.05) is 26.2 Å². The number of nitrogens with zero attached hydrogens (tertiary/aromatic N) is 1. The number of hydrogen-bond acceptors (Lipinski definition) is 2. The summed E-state index contributed by atoms with van der Waals surface area (Å²) in [6.07, 6.45) is -1.77. The average Bonchev–Trinajstić information content (AvgIpc) is 2.27. The van der Waals surface area contributed by atoms with Gasteiger partial charge in [-0.2, -0.15) is 13.2 Å². The molecule has 1 fully saturated rings. The third kappa shape index (κ3) is 5.57. The molecule has 0 aromatic carbocycles. The molecule has 108 valence electrons. The number of alkyl halides is 3. The van der Waals surface area contributed by atoms with Crippen molar-refractivity contribution in [3.63, 3.8) is 0 Å². The Kier molecular flexibility index (Phi) is 5.92. The van der Waals surface area contributed by atoms with Gasteiger partial charge in [0.2, 0.25) is 0 Å². The molecule has 2 nitrogen and oxygen atoms in total. The Labute approximate surface area is 108 Å². The second-order valence-electron chi connectivity index (χ2n) is 5.71. The maximum atomic E-state index is 12.0. The van der Waals surface area contributed by atoms with Gasteiger partial charge in [0.1, 0.15) is 0 Å². The van der Waals surface area contributed by atoms with Crippen LogP contribution in [0.2, 0.25) is 0 Å². The van der Waals surface area contributed by atoms with Gasteiger partial charge in [-0.05, 0) is 44.7 Å². The maximum absolute atomic E-state index is 12.0. The second kappa shape index (κ2) is 6.75. The standard InChI is InChI=1S/C13H25F3N2/c1-10(2)12-4-6-18(7-5-12)11(3)8-17-9-13(14,15)16/h10-12,17H,4-9H2,1-3H3. The van der Waals surface area contributed by atoms with E-state index in [4.69, 9.17) is 0 Å². The van der Waals surface area contributed by atoms with Gasteiger partial charge in [-0.3, -0.25) is 4.90 Å². The number of halogens is 3. The smallest absolute Gasteiger partial charge is 0.307 e. The van der Waals surface area contributed by atoms with E-state index in [1.807, 2.05) is 6.92 Å². The molecule has 1 unspecified atom stereocenters. The molecule has 0 radical (unpaired) electrons. The zero-order valence-electron chi connectivity index (χ0n) is 11.6. The molecule has 1 saturated heterocycles. The maximum Gasteiger partial charge on any atom is 0.401 e. The van der Waals surface area contributed by atoms with Gasteiger partial charge in [-0.1, -0.05) is 13.8 Å². The second-order valence-corrected chi connectivity index (χ2v) is 5.71. The summed E-state index contributed by atoms with van der Waals surface area (Å²) in [4.78, 5) is 2.29. The van der Waals surface area contributed by atoms with Gasteiger partial charge in [0.15, 0.2) is 0 Å². The fraction of sp³-hybridized carbons (Fsp3) is 1.00. The summed E-state index contributed by atoms with van der Waals surface area (Å²) in [5.74, 6) is 1.49. The molecular formula is C13H25F3N2. The highest BCUT2D eigenvalue weighted by atomic mass is 19.4. The molecule has 18 heavy (non-hydrogen) atoms. The van der Waals surface area contributed by atoms with Gasteiger partial charge in [-0.15, -0.1) is 0 Å². The summed E-state index contributed by atoms with van der Waals surface area (Å²) >= 11 is 0. The van der Waals surface area contributed by atoms with Crippen LogP contribution in [-0.4, -0.2) is 43.3 Å². The van der Waals surface area contributed by atoms with Crippen LogP contribution in [0, 0.1) is 11.8 Å². The van der Waals surface area contributed by atoms with Gasteiger partial charge >= 0.3 is 6.18 Å². The van der Waals surface area contributed by atoms with Crippen molar-refractivity contribution in [3.05, 3.63) is 0 Å². The normalized spacial score (nSPS) is 21.5. The van der Waals surface area contributed by atoms with E-state index in [9.17, 15) is 13.2 Å². The largest absolute Gasteiger partial charge is 0.401 e. The summed E-state index contributed by atoms with van der Waals surface area (Å²) in [6, 6.07) is 0.181. The molecule has 0 amide bonds. The van der Waals surface area contributed by atoms with E-state index >= 15 is 0 Å². The van der Waals surface area contributed by atoms with Crippen molar-refractivity contribution in [2.45, 2.75) is 45.8 Å². The fourth-order valence-electron chi connectivity index (χ4n) is 2.58. The highest BCUT2D eigenvalue weighted by molar-refractivity contribution is 4.79. The Morgan fingerprint density at radius 3 is 2.17 bits per heavy atom. The van der Waals surface area contributed by atoms with Gasteiger partial charge in [-0.25, -0.2) is 0 Å².